The van der Waals surface area contributed by atoms with Gasteiger partial charge >= 0.3 is 0 Å². The number of rotatable bonds is 1. The first-order valence-corrected chi connectivity index (χ1v) is 5.79. The molecule has 0 aliphatic rings. The van der Waals surface area contributed by atoms with Crippen LogP contribution in [0.25, 0.3) is 0 Å². The highest BCUT2D eigenvalue weighted by molar-refractivity contribution is 9.10. The molecule has 0 radical (unpaired) electrons. The second kappa shape index (κ2) is 6.19. The van der Waals surface area contributed by atoms with Crippen LogP contribution in [0.5, 0.6) is 5.75 Å². The zero-order chi connectivity index (χ0) is 12.0. The first-order chi connectivity index (χ1) is 7.59. The Labute approximate surface area is 104 Å². The summed E-state index contributed by atoms with van der Waals surface area (Å²) in [7, 11) is 0. The summed E-state index contributed by atoms with van der Waals surface area (Å²) in [4.78, 5) is 13.2. The Bertz CT molecular complexity index is 462. The van der Waals surface area contributed by atoms with Gasteiger partial charge in [0, 0.05) is 22.1 Å². The lowest BCUT2D eigenvalue weighted by Gasteiger charge is -1.88. The van der Waals surface area contributed by atoms with Gasteiger partial charge in [0.25, 0.3) is 5.69 Å². The third-order valence-corrected chi connectivity index (χ3v) is 2.51. The maximum absolute atomic E-state index is 10.1. The molecular formula is C9H7BrN2O3S. The van der Waals surface area contributed by atoms with E-state index in [1.54, 1.807) is 11.4 Å². The van der Waals surface area contributed by atoms with Crippen molar-refractivity contribution in [2.24, 2.45) is 0 Å². The summed E-state index contributed by atoms with van der Waals surface area (Å²) in [5.74, 6) is 0.361. The van der Waals surface area contributed by atoms with Crippen LogP contribution in [-0.2, 0) is 0 Å². The van der Waals surface area contributed by atoms with E-state index in [1.165, 1.54) is 29.8 Å². The van der Waals surface area contributed by atoms with E-state index >= 15 is 0 Å². The number of hydrogen-bond donors (Lipinski definition) is 1. The predicted octanol–water partition coefficient (Wildman–Crippen LogP) is 3.21. The van der Waals surface area contributed by atoms with Crippen LogP contribution in [0, 0.1) is 10.1 Å². The Hall–Kier alpha value is -1.47. The molecule has 2 aromatic heterocycles. The minimum Gasteiger partial charge on any atom is -0.507 e. The number of nitro groups is 1. The molecule has 7 heteroatoms. The van der Waals surface area contributed by atoms with Gasteiger partial charge in [-0.05, 0) is 27.4 Å². The summed E-state index contributed by atoms with van der Waals surface area (Å²) in [6.07, 6.45) is 2.69. The number of aromatic nitrogens is 1. The number of halogens is 1. The van der Waals surface area contributed by atoms with Gasteiger partial charge < -0.3 is 5.11 Å². The molecule has 0 aromatic carbocycles. The molecule has 0 saturated carbocycles. The molecule has 0 aliphatic carbocycles. The summed E-state index contributed by atoms with van der Waals surface area (Å²) in [6.45, 7) is 0. The van der Waals surface area contributed by atoms with E-state index in [4.69, 9.17) is 5.11 Å². The Morgan fingerprint density at radius 1 is 1.50 bits per heavy atom. The normalized spacial score (nSPS) is 9.06. The van der Waals surface area contributed by atoms with Crippen molar-refractivity contribution < 1.29 is 10.0 Å². The van der Waals surface area contributed by atoms with Crippen LogP contribution >= 0.6 is 27.3 Å². The van der Waals surface area contributed by atoms with Crippen LogP contribution in [0.1, 0.15) is 0 Å². The number of pyridine rings is 1. The lowest BCUT2D eigenvalue weighted by Crippen LogP contribution is -1.87. The van der Waals surface area contributed by atoms with Crippen LogP contribution in [0.15, 0.2) is 39.8 Å². The quantitative estimate of drug-likeness (QED) is 0.648. The number of nitrogens with zero attached hydrogens (tertiary/aromatic N) is 2. The summed E-state index contributed by atoms with van der Waals surface area (Å²) >= 11 is 4.55. The van der Waals surface area contributed by atoms with E-state index in [9.17, 15) is 10.1 Å². The summed E-state index contributed by atoms with van der Waals surface area (Å²) in [5.41, 5.74) is -0.00521. The van der Waals surface area contributed by atoms with Gasteiger partial charge in [-0.3, -0.25) is 15.1 Å². The second-order valence-corrected chi connectivity index (χ2v) is 4.30. The molecule has 0 spiro atoms. The van der Waals surface area contributed by atoms with Gasteiger partial charge in [0.15, 0.2) is 0 Å². The highest BCUT2D eigenvalue weighted by Crippen LogP contribution is 2.14. The monoisotopic (exact) mass is 302 g/mol. The van der Waals surface area contributed by atoms with Gasteiger partial charge in [-0.1, -0.05) is 0 Å². The first-order valence-electron chi connectivity index (χ1n) is 4.05. The average Bonchev–Trinajstić information content (AvgIpc) is 2.70. The predicted molar refractivity (Wildman–Crippen MR) is 64.6 cm³/mol. The van der Waals surface area contributed by atoms with Crippen LogP contribution < -0.4 is 0 Å². The molecule has 16 heavy (non-hydrogen) atoms. The molecule has 2 rings (SSSR count). The van der Waals surface area contributed by atoms with Crippen LogP contribution in [0.2, 0.25) is 0 Å². The van der Waals surface area contributed by atoms with Gasteiger partial charge in [0.2, 0.25) is 0 Å². The van der Waals surface area contributed by atoms with Crippen LogP contribution in [0.3, 0.4) is 0 Å². The van der Waals surface area contributed by atoms with Crippen molar-refractivity contribution in [2.75, 3.05) is 0 Å². The molecule has 84 valence electrons. The zero-order valence-corrected chi connectivity index (χ0v) is 10.3. The maximum Gasteiger partial charge on any atom is 0.288 e. The van der Waals surface area contributed by atoms with E-state index in [1.807, 2.05) is 5.38 Å². The van der Waals surface area contributed by atoms with Crippen molar-refractivity contribution in [3.8, 4) is 5.75 Å². The molecule has 1 N–H and O–H groups in total. The molecular weight excluding hydrogens is 296 g/mol. The first kappa shape index (κ1) is 12.6. The molecule has 0 bridgehead atoms. The lowest BCUT2D eigenvalue weighted by molar-refractivity contribution is -0.385. The van der Waals surface area contributed by atoms with Crippen molar-refractivity contribution >= 4 is 33.0 Å². The Kier molecular flexibility index (Phi) is 4.87. The van der Waals surface area contributed by atoms with Crippen molar-refractivity contribution in [3.05, 3.63) is 49.9 Å². The zero-order valence-electron chi connectivity index (χ0n) is 7.91. The summed E-state index contributed by atoms with van der Waals surface area (Å²) in [6, 6.07) is 3.05. The highest BCUT2D eigenvalue weighted by atomic mass is 79.9. The van der Waals surface area contributed by atoms with E-state index in [0.29, 0.717) is 10.2 Å². The highest BCUT2D eigenvalue weighted by Gasteiger charge is 2.03. The Morgan fingerprint density at radius 3 is 2.56 bits per heavy atom. The summed E-state index contributed by atoms with van der Waals surface area (Å²) < 4.78 is 0.613. The molecule has 0 atom stereocenters. The van der Waals surface area contributed by atoms with Crippen LogP contribution in [-0.4, -0.2) is 15.0 Å². The smallest absolute Gasteiger partial charge is 0.288 e. The molecule has 0 unspecified atom stereocenters. The van der Waals surface area contributed by atoms with Crippen molar-refractivity contribution in [3.63, 3.8) is 0 Å². The van der Waals surface area contributed by atoms with Gasteiger partial charge in [-0.25, -0.2) is 0 Å². The molecule has 5 nitrogen and oxygen atoms in total. The molecule has 2 heterocycles. The third kappa shape index (κ3) is 4.37. The second-order valence-electron chi connectivity index (χ2n) is 2.60. The van der Waals surface area contributed by atoms with Gasteiger partial charge in [0.05, 0.1) is 4.92 Å². The molecule has 0 aliphatic heterocycles. The number of thiophene rings is 1. The van der Waals surface area contributed by atoms with Crippen molar-refractivity contribution in [1.29, 1.82) is 0 Å². The van der Waals surface area contributed by atoms with Crippen LogP contribution in [0.4, 0.5) is 5.69 Å². The maximum atomic E-state index is 10.1. The van der Waals surface area contributed by atoms with Crippen molar-refractivity contribution in [1.82, 2.24) is 4.98 Å². The minimum absolute atomic E-state index is 0.00521. The Balaban J connectivity index is 0.000000181. The lowest BCUT2D eigenvalue weighted by atomic mass is 10.4. The fourth-order valence-electron chi connectivity index (χ4n) is 0.758. The third-order valence-electron chi connectivity index (χ3n) is 1.41. The standard InChI is InChI=1S/C5H3BrN2O2.C4H4OS/c6-4-1-5(8(9)10)3-7-2-4;5-4-1-2-6-3-4/h1-3H;1-3,5H. The molecule has 0 saturated heterocycles. The largest absolute Gasteiger partial charge is 0.507 e. The van der Waals surface area contributed by atoms with Crippen molar-refractivity contribution in [2.45, 2.75) is 0 Å². The van der Waals surface area contributed by atoms with E-state index in [0.717, 1.165) is 0 Å². The van der Waals surface area contributed by atoms with E-state index in [-0.39, 0.29) is 5.69 Å². The van der Waals surface area contributed by atoms with E-state index in [2.05, 4.69) is 20.9 Å². The molecule has 2 aromatic rings. The minimum atomic E-state index is -0.488. The fourth-order valence-corrected chi connectivity index (χ4v) is 1.63. The number of hydrogen-bond acceptors (Lipinski definition) is 5. The Morgan fingerprint density at radius 2 is 2.25 bits per heavy atom. The summed E-state index contributed by atoms with van der Waals surface area (Å²) in [5, 5.41) is 22.1. The molecule has 0 fully saturated rings. The SMILES string of the molecule is O=[N+]([O-])c1cncc(Br)c1.Oc1ccsc1. The fraction of sp³-hybridized carbons (Fsp3) is 0. The van der Waals surface area contributed by atoms with Gasteiger partial charge in [0.1, 0.15) is 11.9 Å². The van der Waals surface area contributed by atoms with Gasteiger partial charge in [-0.15, -0.1) is 11.3 Å². The molecule has 0 amide bonds. The number of aromatic hydroxyl groups is 1. The topological polar surface area (TPSA) is 76.3 Å². The van der Waals surface area contributed by atoms with Gasteiger partial charge in [-0.2, -0.15) is 0 Å². The van der Waals surface area contributed by atoms with E-state index < -0.39 is 4.92 Å². The average molecular weight is 303 g/mol.